The van der Waals surface area contributed by atoms with Crippen LogP contribution in [0, 0.1) is 0 Å². The highest BCUT2D eigenvalue weighted by atomic mass is 32.2. The molecule has 2 heterocycles. The number of hydrogen-bond acceptors (Lipinski definition) is 4. The van der Waals surface area contributed by atoms with Gasteiger partial charge in [-0.3, -0.25) is 9.59 Å². The molecule has 0 aliphatic carbocycles. The third-order valence-electron chi connectivity index (χ3n) is 3.36. The number of carbonyl (C=O) groups is 2. The highest BCUT2D eigenvalue weighted by Crippen LogP contribution is 2.40. The number of ketones is 1. The first-order chi connectivity index (χ1) is 9.75. The van der Waals surface area contributed by atoms with Crippen molar-refractivity contribution in [1.82, 2.24) is 4.90 Å². The molecule has 0 bridgehead atoms. The van der Waals surface area contributed by atoms with Crippen molar-refractivity contribution >= 4 is 35.2 Å². The van der Waals surface area contributed by atoms with Crippen molar-refractivity contribution in [3.8, 4) is 0 Å². The van der Waals surface area contributed by atoms with Gasteiger partial charge in [-0.15, -0.1) is 23.5 Å². The van der Waals surface area contributed by atoms with Crippen LogP contribution in [0.25, 0.3) is 0 Å². The maximum absolute atomic E-state index is 12.5. The first-order valence-corrected chi connectivity index (χ1v) is 8.59. The van der Waals surface area contributed by atoms with Crippen molar-refractivity contribution in [3.63, 3.8) is 0 Å². The number of benzene rings is 1. The number of piperidine rings is 1. The van der Waals surface area contributed by atoms with Crippen LogP contribution >= 0.6 is 23.5 Å². The number of hydrogen-bond donors (Lipinski definition) is 0. The minimum atomic E-state index is -0.0954. The van der Waals surface area contributed by atoms with Crippen LogP contribution in [0.2, 0.25) is 0 Å². The van der Waals surface area contributed by atoms with Crippen LogP contribution in [0.3, 0.4) is 0 Å². The summed E-state index contributed by atoms with van der Waals surface area (Å²) in [6.07, 6.45) is 0.443. The van der Waals surface area contributed by atoms with Gasteiger partial charge in [0.2, 0.25) is 0 Å². The Kier molecular flexibility index (Phi) is 4.17. The summed E-state index contributed by atoms with van der Waals surface area (Å²) in [6, 6.07) is 9.92. The minimum Gasteiger partial charge on any atom is -0.334 e. The summed E-state index contributed by atoms with van der Waals surface area (Å²) < 4.78 is 0.928. The van der Waals surface area contributed by atoms with E-state index in [0.717, 1.165) is 21.3 Å². The van der Waals surface area contributed by atoms with Crippen LogP contribution in [0.4, 0.5) is 0 Å². The average molecular weight is 305 g/mol. The van der Waals surface area contributed by atoms with Crippen molar-refractivity contribution in [2.45, 2.75) is 13.0 Å². The van der Waals surface area contributed by atoms with E-state index in [1.807, 2.05) is 30.3 Å². The third kappa shape index (κ3) is 2.79. The van der Waals surface area contributed by atoms with Crippen LogP contribution in [-0.2, 0) is 16.1 Å². The van der Waals surface area contributed by atoms with Gasteiger partial charge in [-0.1, -0.05) is 30.3 Å². The van der Waals surface area contributed by atoms with Gasteiger partial charge in [0.25, 0.3) is 5.91 Å². The second-order valence-corrected chi connectivity index (χ2v) is 7.21. The fraction of sp³-hybridized carbons (Fsp3) is 0.333. The summed E-state index contributed by atoms with van der Waals surface area (Å²) in [6.45, 7) is 1.11. The summed E-state index contributed by atoms with van der Waals surface area (Å²) in [5.74, 6) is 1.89. The molecule has 1 aromatic carbocycles. The van der Waals surface area contributed by atoms with Gasteiger partial charge in [-0.2, -0.15) is 0 Å². The van der Waals surface area contributed by atoms with Gasteiger partial charge in [-0.25, -0.2) is 0 Å². The normalized spacial score (nSPS) is 19.9. The molecule has 2 aliphatic heterocycles. The van der Waals surface area contributed by atoms with Crippen molar-refractivity contribution < 1.29 is 9.59 Å². The van der Waals surface area contributed by atoms with Crippen LogP contribution in [0.5, 0.6) is 0 Å². The second-order valence-electron chi connectivity index (χ2n) is 4.74. The quantitative estimate of drug-likeness (QED) is 0.622. The van der Waals surface area contributed by atoms with E-state index in [4.69, 9.17) is 0 Å². The lowest BCUT2D eigenvalue weighted by atomic mass is 10.0. The summed E-state index contributed by atoms with van der Waals surface area (Å²) in [5, 5.41) is 0. The number of rotatable bonds is 2. The molecular formula is C15H15NO2S2. The Bertz CT molecular complexity index is 560. The zero-order valence-electron chi connectivity index (χ0n) is 11.0. The number of thioether (sulfide) groups is 2. The predicted molar refractivity (Wildman–Crippen MR) is 83.4 cm³/mol. The standard InChI is InChI=1S/C15H15NO2S2/c17-12-6-7-16(10-11-4-2-1-3-5-11)14(18)13(12)15-19-8-9-20-15/h1-5H,6-10H2. The summed E-state index contributed by atoms with van der Waals surface area (Å²) >= 11 is 3.28. The molecular weight excluding hydrogens is 290 g/mol. The van der Waals surface area contributed by atoms with Gasteiger partial charge in [0, 0.05) is 31.0 Å². The Balaban J connectivity index is 1.82. The molecule has 0 radical (unpaired) electrons. The second kappa shape index (κ2) is 6.06. The van der Waals surface area contributed by atoms with Gasteiger partial charge in [0.05, 0.1) is 4.24 Å². The molecule has 1 amide bonds. The molecule has 2 saturated heterocycles. The average Bonchev–Trinajstić information content (AvgIpc) is 2.97. The zero-order chi connectivity index (χ0) is 13.9. The lowest BCUT2D eigenvalue weighted by molar-refractivity contribution is -0.133. The number of nitrogens with zero attached hydrogens (tertiary/aromatic N) is 1. The minimum absolute atomic E-state index is 0.0104. The van der Waals surface area contributed by atoms with Crippen molar-refractivity contribution in [3.05, 3.63) is 45.7 Å². The van der Waals surface area contributed by atoms with E-state index in [9.17, 15) is 9.59 Å². The Morgan fingerprint density at radius 1 is 1.05 bits per heavy atom. The molecule has 3 rings (SSSR count). The van der Waals surface area contributed by atoms with Crippen LogP contribution < -0.4 is 0 Å². The van der Waals surface area contributed by atoms with Gasteiger partial charge < -0.3 is 4.90 Å². The fourth-order valence-electron chi connectivity index (χ4n) is 2.35. The van der Waals surface area contributed by atoms with Crippen molar-refractivity contribution in [2.75, 3.05) is 18.1 Å². The van der Waals surface area contributed by atoms with Crippen LogP contribution in [0.1, 0.15) is 12.0 Å². The molecule has 0 unspecified atom stereocenters. The molecule has 2 aliphatic rings. The molecule has 104 valence electrons. The summed E-state index contributed by atoms with van der Waals surface area (Å²) in [4.78, 5) is 26.4. The summed E-state index contributed by atoms with van der Waals surface area (Å²) in [7, 11) is 0. The van der Waals surface area contributed by atoms with E-state index >= 15 is 0 Å². The predicted octanol–water partition coefficient (Wildman–Crippen LogP) is 2.68. The number of Topliss-reactive ketones (excluding diaryl/α,β-unsaturated/α-hetero) is 1. The molecule has 3 nitrogen and oxygen atoms in total. The lowest BCUT2D eigenvalue weighted by Crippen LogP contribution is -2.40. The molecule has 0 saturated carbocycles. The van der Waals surface area contributed by atoms with Gasteiger partial charge in [-0.05, 0) is 5.56 Å². The van der Waals surface area contributed by atoms with Gasteiger partial charge >= 0.3 is 0 Å². The van der Waals surface area contributed by atoms with Crippen molar-refractivity contribution in [2.24, 2.45) is 0 Å². The Morgan fingerprint density at radius 2 is 1.75 bits per heavy atom. The molecule has 2 fully saturated rings. The summed E-state index contributed by atoms with van der Waals surface area (Å²) in [5.41, 5.74) is 1.53. The van der Waals surface area contributed by atoms with Crippen LogP contribution in [0.15, 0.2) is 40.1 Å². The molecule has 0 N–H and O–H groups in total. The molecule has 0 atom stereocenters. The monoisotopic (exact) mass is 305 g/mol. The maximum Gasteiger partial charge on any atom is 0.259 e. The molecule has 5 heteroatoms. The highest BCUT2D eigenvalue weighted by molar-refractivity contribution is 8.25. The first-order valence-electron chi connectivity index (χ1n) is 6.62. The Labute approximate surface area is 126 Å². The van der Waals surface area contributed by atoms with E-state index in [1.54, 1.807) is 28.4 Å². The van der Waals surface area contributed by atoms with Crippen molar-refractivity contribution in [1.29, 1.82) is 0 Å². The molecule has 0 spiro atoms. The number of amides is 1. The van der Waals surface area contributed by atoms with Gasteiger partial charge in [0.1, 0.15) is 5.57 Å². The molecule has 0 aromatic heterocycles. The third-order valence-corrected chi connectivity index (χ3v) is 6.07. The van der Waals surface area contributed by atoms with E-state index in [2.05, 4.69) is 0 Å². The number of carbonyl (C=O) groups excluding carboxylic acids is 2. The number of likely N-dealkylation sites (tertiary alicyclic amines) is 1. The highest BCUT2D eigenvalue weighted by Gasteiger charge is 2.33. The van der Waals surface area contributed by atoms with E-state index in [1.165, 1.54) is 0 Å². The Morgan fingerprint density at radius 3 is 2.45 bits per heavy atom. The lowest BCUT2D eigenvalue weighted by Gasteiger charge is -2.28. The topological polar surface area (TPSA) is 37.4 Å². The van der Waals surface area contributed by atoms with Gasteiger partial charge in [0.15, 0.2) is 5.78 Å². The van der Waals surface area contributed by atoms with Crippen LogP contribution in [-0.4, -0.2) is 34.6 Å². The molecule has 1 aromatic rings. The van der Waals surface area contributed by atoms with E-state index in [-0.39, 0.29) is 11.7 Å². The molecule has 20 heavy (non-hydrogen) atoms. The van der Waals surface area contributed by atoms with E-state index in [0.29, 0.717) is 25.1 Å². The van der Waals surface area contributed by atoms with E-state index < -0.39 is 0 Å². The smallest absolute Gasteiger partial charge is 0.259 e. The Hall–Kier alpha value is -1.20. The largest absolute Gasteiger partial charge is 0.334 e. The first kappa shape index (κ1) is 13.8. The fourth-order valence-corrected chi connectivity index (χ4v) is 4.91. The zero-order valence-corrected chi connectivity index (χ0v) is 12.6. The SMILES string of the molecule is O=C1CCN(Cc2ccccc2)C(=O)C1=C1SCCS1. The maximum atomic E-state index is 12.5.